The number of rotatable bonds is 7. The van der Waals surface area contributed by atoms with Gasteiger partial charge in [-0.1, -0.05) is 29.8 Å². The number of amides is 1. The summed E-state index contributed by atoms with van der Waals surface area (Å²) in [5, 5.41) is 6.86. The third-order valence-electron chi connectivity index (χ3n) is 4.40. The fourth-order valence-corrected chi connectivity index (χ4v) is 4.84. The number of anilines is 2. The molecule has 0 saturated heterocycles. The normalized spacial score (nSPS) is 12.4. The van der Waals surface area contributed by atoms with Gasteiger partial charge in [0.1, 0.15) is 10.9 Å². The molecule has 1 N–H and O–H groups in total. The summed E-state index contributed by atoms with van der Waals surface area (Å²) in [6, 6.07) is 14.3. The molecule has 0 aliphatic rings. The van der Waals surface area contributed by atoms with Crippen molar-refractivity contribution >= 4 is 38.9 Å². The molecular formula is C20H21ClN4O3S. The standard InChI is InChI=1S/C20H21ClN4O3S/c1-3-25(17-8-5-4-6-9-17)29(27,28)19-14-16(10-11-18(19)21)23-20(26)15(2)24-13-7-12-22-24/h4-15H,3H2,1-2H3,(H,23,26). The smallest absolute Gasteiger partial charge is 0.265 e. The number of nitrogens with zero attached hydrogens (tertiary/aromatic N) is 3. The second kappa shape index (κ2) is 8.67. The molecule has 7 nitrogen and oxygen atoms in total. The van der Waals surface area contributed by atoms with Crippen LogP contribution in [0.5, 0.6) is 0 Å². The van der Waals surface area contributed by atoms with Gasteiger partial charge in [-0.3, -0.25) is 13.8 Å². The average molecular weight is 433 g/mol. The molecule has 0 bridgehead atoms. The molecule has 1 amide bonds. The highest BCUT2D eigenvalue weighted by Gasteiger charge is 2.27. The first kappa shape index (κ1) is 20.9. The van der Waals surface area contributed by atoms with Gasteiger partial charge in [-0.25, -0.2) is 8.42 Å². The fraction of sp³-hybridized carbons (Fsp3) is 0.200. The van der Waals surface area contributed by atoms with Crippen LogP contribution in [0.3, 0.4) is 0 Å². The highest BCUT2D eigenvalue weighted by Crippen LogP contribution is 2.30. The molecule has 0 radical (unpaired) electrons. The van der Waals surface area contributed by atoms with Gasteiger partial charge in [0.05, 0.1) is 10.7 Å². The van der Waals surface area contributed by atoms with Gasteiger partial charge in [0.15, 0.2) is 0 Å². The minimum absolute atomic E-state index is 0.0746. The predicted octanol–water partition coefficient (Wildman–Crippen LogP) is 3.95. The fourth-order valence-electron chi connectivity index (χ4n) is 2.86. The van der Waals surface area contributed by atoms with Crippen LogP contribution in [0.4, 0.5) is 11.4 Å². The van der Waals surface area contributed by atoms with Gasteiger partial charge in [0.25, 0.3) is 10.0 Å². The summed E-state index contributed by atoms with van der Waals surface area (Å²) in [7, 11) is -3.92. The van der Waals surface area contributed by atoms with E-state index in [9.17, 15) is 13.2 Å². The van der Waals surface area contributed by atoms with Gasteiger partial charge in [-0.05, 0) is 50.2 Å². The molecule has 0 spiro atoms. The summed E-state index contributed by atoms with van der Waals surface area (Å²) < 4.78 is 29.3. The Labute approximate surface area is 175 Å². The van der Waals surface area contributed by atoms with E-state index in [4.69, 9.17) is 11.6 Å². The van der Waals surface area contributed by atoms with Crippen LogP contribution in [0.1, 0.15) is 19.9 Å². The monoisotopic (exact) mass is 432 g/mol. The maximum atomic E-state index is 13.3. The molecule has 3 rings (SSSR count). The molecule has 0 fully saturated rings. The number of nitrogens with one attached hydrogen (secondary N) is 1. The number of benzene rings is 2. The first-order valence-corrected chi connectivity index (χ1v) is 10.8. The Morgan fingerprint density at radius 2 is 1.93 bits per heavy atom. The van der Waals surface area contributed by atoms with Crippen molar-refractivity contribution in [3.63, 3.8) is 0 Å². The van der Waals surface area contributed by atoms with Gasteiger partial charge in [0, 0.05) is 24.6 Å². The van der Waals surface area contributed by atoms with Gasteiger partial charge in [0.2, 0.25) is 5.91 Å². The molecule has 0 aliphatic carbocycles. The summed E-state index contributed by atoms with van der Waals surface area (Å²) in [5.74, 6) is -0.324. The van der Waals surface area contributed by atoms with Crippen molar-refractivity contribution in [3.8, 4) is 0 Å². The first-order chi connectivity index (χ1) is 13.8. The Kier molecular flexibility index (Phi) is 6.24. The maximum Gasteiger partial charge on any atom is 0.265 e. The molecule has 1 atom stereocenters. The van der Waals surface area contributed by atoms with E-state index in [1.165, 1.54) is 21.1 Å². The minimum atomic E-state index is -3.92. The number of halogens is 1. The lowest BCUT2D eigenvalue weighted by atomic mass is 10.2. The molecule has 152 valence electrons. The van der Waals surface area contributed by atoms with Crippen LogP contribution in [0.25, 0.3) is 0 Å². The van der Waals surface area contributed by atoms with E-state index in [1.807, 2.05) is 6.07 Å². The molecule has 3 aromatic rings. The van der Waals surface area contributed by atoms with E-state index < -0.39 is 16.1 Å². The third-order valence-corrected chi connectivity index (χ3v) is 6.78. The van der Waals surface area contributed by atoms with Crippen molar-refractivity contribution in [1.82, 2.24) is 9.78 Å². The van der Waals surface area contributed by atoms with Gasteiger partial charge < -0.3 is 5.32 Å². The zero-order valence-corrected chi connectivity index (χ0v) is 17.6. The van der Waals surface area contributed by atoms with Crippen molar-refractivity contribution in [2.24, 2.45) is 0 Å². The average Bonchev–Trinajstić information content (AvgIpc) is 3.24. The summed E-state index contributed by atoms with van der Waals surface area (Å²) in [6.07, 6.45) is 3.26. The number of aromatic nitrogens is 2. The van der Waals surface area contributed by atoms with Crippen molar-refractivity contribution < 1.29 is 13.2 Å². The van der Waals surface area contributed by atoms with Gasteiger partial charge in [-0.2, -0.15) is 5.10 Å². The van der Waals surface area contributed by atoms with Crippen LogP contribution in [0.2, 0.25) is 5.02 Å². The predicted molar refractivity (Wildman–Crippen MR) is 114 cm³/mol. The number of hydrogen-bond acceptors (Lipinski definition) is 4. The van der Waals surface area contributed by atoms with Crippen LogP contribution in [-0.2, 0) is 14.8 Å². The first-order valence-electron chi connectivity index (χ1n) is 9.02. The van der Waals surface area contributed by atoms with Crippen LogP contribution < -0.4 is 9.62 Å². The minimum Gasteiger partial charge on any atom is -0.324 e. The molecule has 1 unspecified atom stereocenters. The SMILES string of the molecule is CCN(c1ccccc1)S(=O)(=O)c1cc(NC(=O)C(C)n2cccn2)ccc1Cl. The molecular weight excluding hydrogens is 412 g/mol. The summed E-state index contributed by atoms with van der Waals surface area (Å²) in [6.45, 7) is 3.68. The van der Waals surface area contributed by atoms with Crippen LogP contribution in [0.15, 0.2) is 71.9 Å². The Bertz CT molecular complexity index is 1090. The van der Waals surface area contributed by atoms with Gasteiger partial charge in [-0.15, -0.1) is 0 Å². The maximum absolute atomic E-state index is 13.3. The largest absolute Gasteiger partial charge is 0.324 e. The number of sulfonamides is 1. The second-order valence-electron chi connectivity index (χ2n) is 6.30. The number of para-hydroxylation sites is 1. The van der Waals surface area contributed by atoms with E-state index in [0.717, 1.165) is 0 Å². The third kappa shape index (κ3) is 4.44. The number of carbonyl (C=O) groups is 1. The quantitative estimate of drug-likeness (QED) is 0.612. The number of carbonyl (C=O) groups excluding carboxylic acids is 1. The van der Waals surface area contributed by atoms with Crippen molar-refractivity contribution in [3.05, 3.63) is 72.0 Å². The van der Waals surface area contributed by atoms with Crippen molar-refractivity contribution in [1.29, 1.82) is 0 Å². The lowest BCUT2D eigenvalue weighted by molar-refractivity contribution is -0.119. The molecule has 0 aliphatic heterocycles. The van der Waals surface area contributed by atoms with Crippen LogP contribution in [0, 0.1) is 0 Å². The Morgan fingerprint density at radius 3 is 2.55 bits per heavy atom. The molecule has 29 heavy (non-hydrogen) atoms. The van der Waals surface area contributed by atoms with Crippen molar-refractivity contribution in [2.75, 3.05) is 16.2 Å². The molecule has 9 heteroatoms. The number of hydrogen-bond donors (Lipinski definition) is 1. The van der Waals surface area contributed by atoms with Crippen LogP contribution >= 0.6 is 11.6 Å². The van der Waals surface area contributed by atoms with Crippen LogP contribution in [-0.4, -0.2) is 30.7 Å². The molecule has 1 heterocycles. The summed E-state index contributed by atoms with van der Waals surface area (Å²) >= 11 is 6.22. The molecule has 2 aromatic carbocycles. The lowest BCUT2D eigenvalue weighted by Crippen LogP contribution is -2.31. The topological polar surface area (TPSA) is 84.3 Å². The van der Waals surface area contributed by atoms with E-state index in [-0.39, 0.29) is 22.4 Å². The highest BCUT2D eigenvalue weighted by molar-refractivity contribution is 7.93. The van der Waals surface area contributed by atoms with Gasteiger partial charge >= 0.3 is 0 Å². The van der Waals surface area contributed by atoms with E-state index in [1.54, 1.807) is 62.6 Å². The lowest BCUT2D eigenvalue weighted by Gasteiger charge is -2.24. The second-order valence-corrected chi connectivity index (χ2v) is 8.54. The van der Waals surface area contributed by atoms with Crippen molar-refractivity contribution in [2.45, 2.75) is 24.8 Å². The summed E-state index contributed by atoms with van der Waals surface area (Å²) in [4.78, 5) is 12.4. The Balaban J connectivity index is 1.91. The Hall–Kier alpha value is -2.84. The zero-order chi connectivity index (χ0) is 21.0. The summed E-state index contributed by atoms with van der Waals surface area (Å²) in [5.41, 5.74) is 0.869. The van der Waals surface area contributed by atoms with E-state index >= 15 is 0 Å². The molecule has 1 aromatic heterocycles. The highest BCUT2D eigenvalue weighted by atomic mass is 35.5. The molecule has 0 saturated carbocycles. The zero-order valence-electron chi connectivity index (χ0n) is 16.0. The van der Waals surface area contributed by atoms with E-state index in [0.29, 0.717) is 11.4 Å². The van der Waals surface area contributed by atoms with E-state index in [2.05, 4.69) is 10.4 Å². The Morgan fingerprint density at radius 1 is 1.21 bits per heavy atom.